The molecule has 0 aliphatic carbocycles. The number of aryl methyl sites for hydroxylation is 1. The number of hydrogen-bond acceptors (Lipinski definition) is 2. The highest BCUT2D eigenvalue weighted by Gasteiger charge is 2.27. The van der Waals surface area contributed by atoms with Crippen LogP contribution in [0.2, 0.25) is 0 Å². The van der Waals surface area contributed by atoms with Gasteiger partial charge in [0.1, 0.15) is 6.23 Å². The molecule has 0 N–H and O–H groups in total. The van der Waals surface area contributed by atoms with E-state index in [-0.39, 0.29) is 6.23 Å². The highest BCUT2D eigenvalue weighted by Crippen LogP contribution is 2.30. The fourth-order valence-electron chi connectivity index (χ4n) is 3.39. The number of rotatable bonds is 4. The molecule has 0 amide bonds. The Morgan fingerprint density at radius 2 is 2.00 bits per heavy atom. The van der Waals surface area contributed by atoms with E-state index in [2.05, 4.69) is 93.2 Å². The lowest BCUT2D eigenvalue weighted by molar-refractivity contribution is 0.0288. The zero-order valence-corrected chi connectivity index (χ0v) is 15.8. The maximum absolute atomic E-state index is 6.03. The van der Waals surface area contributed by atoms with E-state index in [9.17, 15) is 0 Å². The van der Waals surface area contributed by atoms with Crippen molar-refractivity contribution in [1.82, 2.24) is 9.47 Å². The van der Waals surface area contributed by atoms with Crippen LogP contribution in [0.15, 0.2) is 71.5 Å². The van der Waals surface area contributed by atoms with Gasteiger partial charge in [0.15, 0.2) is 0 Å². The van der Waals surface area contributed by atoms with Crippen molar-refractivity contribution in [3.05, 3.63) is 88.2 Å². The zero-order valence-electron chi connectivity index (χ0n) is 14.2. The molecule has 0 radical (unpaired) electrons. The second kappa shape index (κ2) is 7.16. The minimum Gasteiger partial charge on any atom is -0.357 e. The smallest absolute Gasteiger partial charge is 0.138 e. The predicted octanol–water partition coefficient (Wildman–Crippen LogP) is 5.08. The molecule has 128 valence electrons. The van der Waals surface area contributed by atoms with E-state index in [1.807, 2.05) is 6.07 Å². The molecule has 1 aliphatic rings. The van der Waals surface area contributed by atoms with Crippen molar-refractivity contribution in [2.75, 3.05) is 13.2 Å². The van der Waals surface area contributed by atoms with Crippen LogP contribution in [0.4, 0.5) is 0 Å². The Hall–Kier alpha value is -1.88. The maximum atomic E-state index is 6.03. The van der Waals surface area contributed by atoms with Gasteiger partial charge >= 0.3 is 0 Å². The molecule has 3 aromatic rings. The van der Waals surface area contributed by atoms with E-state index in [1.54, 1.807) is 0 Å². The van der Waals surface area contributed by atoms with Crippen molar-refractivity contribution < 1.29 is 4.74 Å². The van der Waals surface area contributed by atoms with Crippen LogP contribution in [0.1, 0.15) is 22.9 Å². The molecule has 2 heterocycles. The van der Waals surface area contributed by atoms with Gasteiger partial charge in [-0.1, -0.05) is 42.0 Å². The Kier molecular flexibility index (Phi) is 4.75. The number of ether oxygens (including phenoxy) is 1. The van der Waals surface area contributed by atoms with Crippen molar-refractivity contribution >= 4 is 15.9 Å². The lowest BCUT2D eigenvalue weighted by Crippen LogP contribution is -2.23. The van der Waals surface area contributed by atoms with E-state index in [4.69, 9.17) is 4.74 Å². The van der Waals surface area contributed by atoms with Gasteiger partial charge in [0.2, 0.25) is 0 Å². The number of nitrogens with zero attached hydrogens (tertiary/aromatic N) is 2. The van der Waals surface area contributed by atoms with Gasteiger partial charge in [0.05, 0.1) is 12.3 Å². The second-order valence-corrected chi connectivity index (χ2v) is 7.34. The zero-order chi connectivity index (χ0) is 17.2. The molecule has 0 unspecified atom stereocenters. The average molecular weight is 397 g/mol. The fourth-order valence-corrected chi connectivity index (χ4v) is 3.88. The van der Waals surface area contributed by atoms with Crippen LogP contribution in [0.3, 0.4) is 0 Å². The third kappa shape index (κ3) is 3.56. The topological polar surface area (TPSA) is 17.4 Å². The summed E-state index contributed by atoms with van der Waals surface area (Å²) in [6.07, 6.45) is 4.28. The molecule has 1 atom stereocenters. The van der Waals surface area contributed by atoms with E-state index in [0.29, 0.717) is 0 Å². The highest BCUT2D eigenvalue weighted by atomic mass is 79.9. The first-order valence-electron chi connectivity index (χ1n) is 8.55. The molecule has 0 spiro atoms. The summed E-state index contributed by atoms with van der Waals surface area (Å²) in [6.45, 7) is 4.78. The van der Waals surface area contributed by atoms with Gasteiger partial charge in [-0.3, -0.25) is 4.90 Å². The molecular formula is C21H21BrN2O. The summed E-state index contributed by atoms with van der Waals surface area (Å²) >= 11 is 3.63. The fraction of sp³-hybridized carbons (Fsp3) is 0.238. The predicted molar refractivity (Wildman–Crippen MR) is 104 cm³/mol. The molecule has 3 nitrogen and oxygen atoms in total. The SMILES string of the molecule is Cc1cccc(CN2CCO[C@H]2c2ccn(-c3ccccc3Br)c2)c1. The number of hydrogen-bond donors (Lipinski definition) is 0. The van der Waals surface area contributed by atoms with Crippen LogP contribution >= 0.6 is 15.9 Å². The van der Waals surface area contributed by atoms with Crippen molar-refractivity contribution in [1.29, 1.82) is 0 Å². The minimum atomic E-state index is 0.0178. The summed E-state index contributed by atoms with van der Waals surface area (Å²) in [5.41, 5.74) is 4.97. The van der Waals surface area contributed by atoms with Gasteiger partial charge in [0.25, 0.3) is 0 Å². The molecule has 4 rings (SSSR count). The van der Waals surface area contributed by atoms with Gasteiger partial charge in [-0.15, -0.1) is 0 Å². The van der Waals surface area contributed by atoms with Crippen LogP contribution in [-0.4, -0.2) is 22.6 Å². The molecule has 2 aromatic carbocycles. The van der Waals surface area contributed by atoms with Crippen LogP contribution in [0, 0.1) is 6.92 Å². The Balaban J connectivity index is 1.56. The van der Waals surface area contributed by atoms with E-state index in [0.717, 1.165) is 29.9 Å². The Morgan fingerprint density at radius 3 is 2.84 bits per heavy atom. The van der Waals surface area contributed by atoms with Crippen molar-refractivity contribution in [3.8, 4) is 5.69 Å². The lowest BCUT2D eigenvalue weighted by atomic mass is 10.1. The summed E-state index contributed by atoms with van der Waals surface area (Å²) < 4.78 is 9.26. The third-order valence-corrected chi connectivity index (χ3v) is 5.26. The second-order valence-electron chi connectivity index (χ2n) is 6.49. The molecule has 4 heteroatoms. The van der Waals surface area contributed by atoms with Gasteiger partial charge < -0.3 is 9.30 Å². The summed E-state index contributed by atoms with van der Waals surface area (Å²) in [5, 5.41) is 0. The number of benzene rings is 2. The van der Waals surface area contributed by atoms with Gasteiger partial charge in [0, 0.05) is 35.5 Å². The van der Waals surface area contributed by atoms with Crippen molar-refractivity contribution in [3.63, 3.8) is 0 Å². The van der Waals surface area contributed by atoms with Crippen LogP contribution in [-0.2, 0) is 11.3 Å². The van der Waals surface area contributed by atoms with E-state index >= 15 is 0 Å². The standard InChI is InChI=1S/C21H21BrN2O/c1-16-5-4-6-17(13-16)14-24-11-12-25-21(24)18-9-10-23(15-18)20-8-3-2-7-19(20)22/h2-10,13,15,21H,11-12,14H2,1H3/t21-/m0/s1. The van der Waals surface area contributed by atoms with Gasteiger partial charge in [-0.25, -0.2) is 0 Å². The molecule has 0 saturated carbocycles. The molecule has 1 saturated heterocycles. The largest absolute Gasteiger partial charge is 0.357 e. The van der Waals surface area contributed by atoms with Crippen LogP contribution in [0.5, 0.6) is 0 Å². The van der Waals surface area contributed by atoms with E-state index < -0.39 is 0 Å². The summed E-state index contributed by atoms with van der Waals surface area (Å²) in [5.74, 6) is 0. The number of aromatic nitrogens is 1. The van der Waals surface area contributed by atoms with Gasteiger partial charge in [-0.2, -0.15) is 0 Å². The molecule has 0 bridgehead atoms. The third-order valence-electron chi connectivity index (χ3n) is 4.59. The molecule has 1 fully saturated rings. The first-order valence-corrected chi connectivity index (χ1v) is 9.34. The van der Waals surface area contributed by atoms with Crippen LogP contribution < -0.4 is 0 Å². The monoisotopic (exact) mass is 396 g/mol. The molecule has 25 heavy (non-hydrogen) atoms. The number of para-hydroxylation sites is 1. The first-order chi connectivity index (χ1) is 12.2. The first kappa shape index (κ1) is 16.6. The number of halogens is 1. The quantitative estimate of drug-likeness (QED) is 0.611. The normalized spacial score (nSPS) is 17.9. The molecule has 1 aromatic heterocycles. The lowest BCUT2D eigenvalue weighted by Gasteiger charge is -2.22. The molecular weight excluding hydrogens is 376 g/mol. The van der Waals surface area contributed by atoms with E-state index in [1.165, 1.54) is 16.7 Å². The Bertz CT molecular complexity index is 874. The van der Waals surface area contributed by atoms with Crippen molar-refractivity contribution in [2.45, 2.75) is 19.7 Å². The van der Waals surface area contributed by atoms with Crippen LogP contribution in [0.25, 0.3) is 5.69 Å². The van der Waals surface area contributed by atoms with Gasteiger partial charge in [-0.05, 0) is 46.6 Å². The Labute approximate surface area is 157 Å². The summed E-state index contributed by atoms with van der Waals surface area (Å²) in [4.78, 5) is 2.40. The maximum Gasteiger partial charge on any atom is 0.138 e. The summed E-state index contributed by atoms with van der Waals surface area (Å²) in [7, 11) is 0. The minimum absolute atomic E-state index is 0.0178. The molecule has 1 aliphatic heterocycles. The highest BCUT2D eigenvalue weighted by molar-refractivity contribution is 9.10. The average Bonchev–Trinajstić information content (AvgIpc) is 3.24. The van der Waals surface area contributed by atoms with Crippen molar-refractivity contribution in [2.24, 2.45) is 0 Å². The summed E-state index contributed by atoms with van der Waals surface area (Å²) in [6, 6.07) is 19.1. The Morgan fingerprint density at radius 1 is 1.12 bits per heavy atom.